The minimum absolute atomic E-state index is 0.206. The maximum absolute atomic E-state index is 11.7. The molecule has 0 spiro atoms. The number of hydrogen-bond acceptors (Lipinski definition) is 4. The Hall–Kier alpha value is -0.390. The Bertz CT molecular complexity index is 364. The monoisotopic (exact) mass is 274 g/mol. The molecule has 0 N–H and O–H groups in total. The summed E-state index contributed by atoms with van der Waals surface area (Å²) in [4.78, 5) is 11.7. The van der Waals surface area contributed by atoms with E-state index in [9.17, 15) is 4.79 Å². The zero-order chi connectivity index (χ0) is 10.8. The van der Waals surface area contributed by atoms with Crippen LogP contribution < -0.4 is 0 Å². The predicted octanol–water partition coefficient (Wildman–Crippen LogP) is 1.14. The molecule has 1 aliphatic carbocycles. The van der Waals surface area contributed by atoms with Crippen molar-refractivity contribution in [3.8, 4) is 0 Å². The molecule has 0 radical (unpaired) electrons. The van der Waals surface area contributed by atoms with Gasteiger partial charge >= 0.3 is 5.97 Å². The molecular weight excluding hydrogens is 264 g/mol. The lowest BCUT2D eigenvalue weighted by atomic mass is 9.85. The first-order valence-corrected chi connectivity index (χ1v) is 5.67. The summed E-state index contributed by atoms with van der Waals surface area (Å²) in [5, 5.41) is 0. The van der Waals surface area contributed by atoms with Crippen molar-refractivity contribution in [1.29, 1.82) is 0 Å². The zero-order valence-electron chi connectivity index (χ0n) is 8.40. The van der Waals surface area contributed by atoms with Crippen LogP contribution >= 0.6 is 15.9 Å². The largest absolute Gasteiger partial charge is 0.454 e. The average Bonchev–Trinajstić information content (AvgIpc) is 2.46. The van der Waals surface area contributed by atoms with Crippen LogP contribution in [-0.2, 0) is 19.0 Å². The van der Waals surface area contributed by atoms with Crippen LogP contribution in [0.15, 0.2) is 12.2 Å². The second kappa shape index (κ2) is 2.64. The predicted molar refractivity (Wildman–Crippen MR) is 54.5 cm³/mol. The smallest absolute Gasteiger partial charge is 0.330 e. The molecule has 2 bridgehead atoms. The summed E-state index contributed by atoms with van der Waals surface area (Å²) in [6.07, 6.45) is 2.83. The number of fused-ring (bicyclic) bond motifs is 1. The van der Waals surface area contributed by atoms with E-state index in [4.69, 9.17) is 14.2 Å². The van der Waals surface area contributed by atoms with Crippen molar-refractivity contribution in [3.05, 3.63) is 12.2 Å². The summed E-state index contributed by atoms with van der Waals surface area (Å²) >= 11 is 3.39. The highest BCUT2D eigenvalue weighted by atomic mass is 79.9. The van der Waals surface area contributed by atoms with Gasteiger partial charge in [0.25, 0.3) is 0 Å². The first kappa shape index (κ1) is 9.81. The minimum Gasteiger partial charge on any atom is -0.454 e. The SMILES string of the molecule is CC1(C)O[C@@H]2[C@@H]3C=C[C@@](Br)(C(=O)O3)[C@@H]2O1. The molecular formula is C10H11BrO4. The van der Waals surface area contributed by atoms with E-state index in [2.05, 4.69) is 15.9 Å². The van der Waals surface area contributed by atoms with Gasteiger partial charge < -0.3 is 14.2 Å². The molecule has 0 aromatic heterocycles. The van der Waals surface area contributed by atoms with Crippen LogP contribution in [0.3, 0.4) is 0 Å². The van der Waals surface area contributed by atoms with Crippen LogP contribution in [0.2, 0.25) is 0 Å². The highest BCUT2D eigenvalue weighted by Crippen LogP contribution is 2.48. The topological polar surface area (TPSA) is 44.8 Å². The Morgan fingerprint density at radius 2 is 2.13 bits per heavy atom. The number of ether oxygens (including phenoxy) is 3. The van der Waals surface area contributed by atoms with Crippen LogP contribution in [0.25, 0.3) is 0 Å². The normalized spacial score (nSPS) is 50.3. The summed E-state index contributed by atoms with van der Waals surface area (Å²) < 4.78 is 15.8. The maximum atomic E-state index is 11.7. The van der Waals surface area contributed by atoms with E-state index >= 15 is 0 Å². The van der Waals surface area contributed by atoms with E-state index in [1.54, 1.807) is 6.08 Å². The fraction of sp³-hybridized carbons (Fsp3) is 0.700. The van der Waals surface area contributed by atoms with Gasteiger partial charge in [-0.2, -0.15) is 0 Å². The third-order valence-electron chi connectivity index (χ3n) is 2.95. The molecule has 0 unspecified atom stereocenters. The van der Waals surface area contributed by atoms with E-state index in [0.29, 0.717) is 0 Å². The lowest BCUT2D eigenvalue weighted by Crippen LogP contribution is -2.61. The van der Waals surface area contributed by atoms with Gasteiger partial charge in [-0.15, -0.1) is 0 Å². The van der Waals surface area contributed by atoms with Crippen molar-refractivity contribution in [1.82, 2.24) is 0 Å². The molecule has 0 aromatic carbocycles. The minimum atomic E-state index is -0.875. The molecule has 3 aliphatic heterocycles. The summed E-state index contributed by atoms with van der Waals surface area (Å²) in [6, 6.07) is 0. The Kier molecular flexibility index (Phi) is 1.73. The van der Waals surface area contributed by atoms with Gasteiger partial charge in [0.2, 0.25) is 0 Å². The number of carbonyl (C=O) groups excluding carboxylic acids is 1. The number of rotatable bonds is 0. The lowest BCUT2D eigenvalue weighted by Gasteiger charge is -2.42. The fourth-order valence-corrected chi connectivity index (χ4v) is 2.90. The highest BCUT2D eigenvalue weighted by Gasteiger charge is 2.63. The molecule has 0 amide bonds. The van der Waals surface area contributed by atoms with Crippen molar-refractivity contribution >= 4 is 21.9 Å². The molecule has 4 atom stereocenters. The van der Waals surface area contributed by atoms with Crippen LogP contribution in [0.1, 0.15) is 13.8 Å². The Morgan fingerprint density at radius 1 is 1.40 bits per heavy atom. The van der Waals surface area contributed by atoms with E-state index in [0.717, 1.165) is 0 Å². The summed E-state index contributed by atoms with van der Waals surface area (Å²) in [5.41, 5.74) is 0. The molecule has 2 saturated heterocycles. The first-order chi connectivity index (χ1) is 6.92. The summed E-state index contributed by atoms with van der Waals surface area (Å²) in [6.45, 7) is 3.68. The van der Waals surface area contributed by atoms with Crippen LogP contribution in [0.4, 0.5) is 0 Å². The molecule has 4 rings (SSSR count). The molecule has 0 aromatic rings. The van der Waals surface area contributed by atoms with Gasteiger partial charge in [-0.25, -0.2) is 0 Å². The van der Waals surface area contributed by atoms with E-state index < -0.39 is 10.1 Å². The van der Waals surface area contributed by atoms with Crippen molar-refractivity contribution in [2.24, 2.45) is 0 Å². The van der Waals surface area contributed by atoms with E-state index in [1.807, 2.05) is 19.9 Å². The van der Waals surface area contributed by atoms with Gasteiger partial charge in [-0.05, 0) is 19.9 Å². The number of carbonyl (C=O) groups is 1. The summed E-state index contributed by atoms with van der Waals surface area (Å²) in [5.74, 6) is -0.954. The molecule has 4 nitrogen and oxygen atoms in total. The van der Waals surface area contributed by atoms with Gasteiger partial charge in [0, 0.05) is 0 Å². The number of alkyl halides is 1. The third-order valence-corrected chi connectivity index (χ3v) is 3.99. The van der Waals surface area contributed by atoms with Crippen LogP contribution in [0.5, 0.6) is 0 Å². The lowest BCUT2D eigenvalue weighted by molar-refractivity contribution is -0.168. The van der Waals surface area contributed by atoms with Gasteiger partial charge in [0.05, 0.1) is 0 Å². The molecule has 15 heavy (non-hydrogen) atoms. The Labute approximate surface area is 95.7 Å². The number of hydrogen-bond donors (Lipinski definition) is 0. The van der Waals surface area contributed by atoms with Gasteiger partial charge in [-0.1, -0.05) is 22.0 Å². The third kappa shape index (κ3) is 1.17. The maximum Gasteiger partial charge on any atom is 0.330 e. The zero-order valence-corrected chi connectivity index (χ0v) is 9.98. The van der Waals surface area contributed by atoms with Gasteiger partial charge in [-0.3, -0.25) is 4.79 Å². The van der Waals surface area contributed by atoms with Crippen molar-refractivity contribution in [3.63, 3.8) is 0 Å². The van der Waals surface area contributed by atoms with Crippen molar-refractivity contribution in [2.45, 2.75) is 42.3 Å². The Balaban J connectivity index is 2.05. The highest BCUT2D eigenvalue weighted by molar-refractivity contribution is 9.10. The molecule has 5 heteroatoms. The molecule has 2 fully saturated rings. The molecule has 4 aliphatic rings. The molecule has 3 heterocycles. The second-order valence-electron chi connectivity index (χ2n) is 4.52. The van der Waals surface area contributed by atoms with Crippen LogP contribution in [0, 0.1) is 0 Å². The summed E-state index contributed by atoms with van der Waals surface area (Å²) in [7, 11) is 0. The van der Waals surface area contributed by atoms with E-state index in [-0.39, 0.29) is 24.3 Å². The van der Waals surface area contributed by atoms with E-state index in [1.165, 1.54) is 0 Å². The van der Waals surface area contributed by atoms with Gasteiger partial charge in [0.15, 0.2) is 10.1 Å². The molecule has 0 saturated carbocycles. The standard InChI is InChI=1S/C10H11BrO4/c1-9(2)14-6-5-3-4-10(11,7(6)15-9)8(12)13-5/h3-7H,1-2H3/t5-,6+,7+,10-/m0/s1. The molecule has 82 valence electrons. The number of halogens is 1. The quantitative estimate of drug-likeness (QED) is 0.378. The number of esters is 1. The van der Waals surface area contributed by atoms with Crippen LogP contribution in [-0.4, -0.2) is 34.4 Å². The average molecular weight is 275 g/mol. The fourth-order valence-electron chi connectivity index (χ4n) is 2.30. The van der Waals surface area contributed by atoms with Crippen molar-refractivity contribution in [2.75, 3.05) is 0 Å². The Morgan fingerprint density at radius 3 is 2.80 bits per heavy atom. The van der Waals surface area contributed by atoms with Crippen molar-refractivity contribution < 1.29 is 19.0 Å². The second-order valence-corrected chi connectivity index (χ2v) is 5.83. The first-order valence-electron chi connectivity index (χ1n) is 4.87. The van der Waals surface area contributed by atoms with Gasteiger partial charge in [0.1, 0.15) is 18.3 Å².